The van der Waals surface area contributed by atoms with Crippen LogP contribution in [0.5, 0.6) is 0 Å². The first-order valence-electron chi connectivity index (χ1n) is 6.43. The number of guanidine groups is 1. The molecule has 2 N–H and O–H groups in total. The summed E-state index contributed by atoms with van der Waals surface area (Å²) in [4.78, 5) is 4.05. The number of aliphatic imine (C=N–C) groups is 1. The van der Waals surface area contributed by atoms with E-state index in [2.05, 4.69) is 29.5 Å². The van der Waals surface area contributed by atoms with Crippen molar-refractivity contribution in [2.24, 2.45) is 10.9 Å². The first kappa shape index (κ1) is 16.3. The average molecular weight is 287 g/mol. The predicted molar refractivity (Wildman–Crippen MR) is 74.5 cm³/mol. The van der Waals surface area contributed by atoms with Crippen molar-refractivity contribution in [3.8, 4) is 0 Å². The van der Waals surface area contributed by atoms with Crippen LogP contribution in [0.4, 0.5) is 13.2 Å². The molecule has 0 atom stereocenters. The van der Waals surface area contributed by atoms with Crippen LogP contribution in [0.2, 0.25) is 0 Å². The van der Waals surface area contributed by atoms with E-state index in [1.54, 1.807) is 7.05 Å². The largest absolute Gasteiger partial charge is 0.416 e. The van der Waals surface area contributed by atoms with Gasteiger partial charge in [-0.3, -0.25) is 4.99 Å². The van der Waals surface area contributed by atoms with Crippen LogP contribution < -0.4 is 10.6 Å². The lowest BCUT2D eigenvalue weighted by atomic mass is 10.1. The van der Waals surface area contributed by atoms with Crippen LogP contribution in [0.3, 0.4) is 0 Å². The van der Waals surface area contributed by atoms with E-state index in [9.17, 15) is 13.2 Å². The van der Waals surface area contributed by atoms with Crippen molar-refractivity contribution in [2.45, 2.75) is 26.6 Å². The molecule has 0 unspecified atom stereocenters. The zero-order chi connectivity index (χ0) is 15.2. The lowest BCUT2D eigenvalue weighted by Gasteiger charge is -2.14. The van der Waals surface area contributed by atoms with Crippen LogP contribution in [0, 0.1) is 5.92 Å². The van der Waals surface area contributed by atoms with Gasteiger partial charge in [-0.15, -0.1) is 0 Å². The molecule has 0 amide bonds. The van der Waals surface area contributed by atoms with Crippen molar-refractivity contribution in [3.05, 3.63) is 35.4 Å². The SMILES string of the molecule is CN=C(NCc1ccc(C(F)(F)F)cc1)NCC(C)C. The van der Waals surface area contributed by atoms with Gasteiger partial charge in [-0.05, 0) is 23.6 Å². The minimum absolute atomic E-state index is 0.426. The number of alkyl halides is 3. The Kier molecular flexibility index (Phi) is 5.85. The number of hydrogen-bond donors (Lipinski definition) is 2. The number of rotatable bonds is 4. The summed E-state index contributed by atoms with van der Waals surface area (Å²) < 4.78 is 37.3. The fourth-order valence-corrected chi connectivity index (χ4v) is 1.52. The van der Waals surface area contributed by atoms with Gasteiger partial charge < -0.3 is 10.6 Å². The molecule has 1 aromatic carbocycles. The van der Waals surface area contributed by atoms with Gasteiger partial charge in [-0.2, -0.15) is 13.2 Å². The molecule has 0 aliphatic rings. The molecule has 20 heavy (non-hydrogen) atoms. The van der Waals surface area contributed by atoms with Gasteiger partial charge in [0.15, 0.2) is 5.96 Å². The highest BCUT2D eigenvalue weighted by Gasteiger charge is 2.29. The molecule has 3 nitrogen and oxygen atoms in total. The molecule has 0 saturated heterocycles. The van der Waals surface area contributed by atoms with Crippen molar-refractivity contribution >= 4 is 5.96 Å². The summed E-state index contributed by atoms with van der Waals surface area (Å²) in [6.07, 6.45) is -4.29. The highest BCUT2D eigenvalue weighted by Crippen LogP contribution is 2.28. The van der Waals surface area contributed by atoms with Gasteiger partial charge in [0.2, 0.25) is 0 Å². The van der Waals surface area contributed by atoms with Gasteiger partial charge in [-0.1, -0.05) is 26.0 Å². The second kappa shape index (κ2) is 7.17. The third-order valence-electron chi connectivity index (χ3n) is 2.64. The summed E-state index contributed by atoms with van der Waals surface area (Å²) in [5, 5.41) is 6.19. The average Bonchev–Trinajstić information content (AvgIpc) is 2.38. The maximum absolute atomic E-state index is 12.4. The minimum Gasteiger partial charge on any atom is -0.356 e. The summed E-state index contributed by atoms with van der Waals surface area (Å²) >= 11 is 0. The molecule has 0 aromatic heterocycles. The molecule has 0 aliphatic heterocycles. The standard InChI is InChI=1S/C14H20F3N3/c1-10(2)8-19-13(18-3)20-9-11-4-6-12(7-5-11)14(15,16)17/h4-7,10H,8-9H2,1-3H3,(H2,18,19,20). The quantitative estimate of drug-likeness (QED) is 0.659. The molecule has 112 valence electrons. The molecule has 0 bridgehead atoms. The number of hydrogen-bond acceptors (Lipinski definition) is 1. The highest BCUT2D eigenvalue weighted by atomic mass is 19.4. The molecule has 0 radical (unpaired) electrons. The van der Waals surface area contributed by atoms with Crippen molar-refractivity contribution in [1.29, 1.82) is 0 Å². The van der Waals surface area contributed by atoms with E-state index >= 15 is 0 Å². The van der Waals surface area contributed by atoms with Crippen LogP contribution in [0.1, 0.15) is 25.0 Å². The van der Waals surface area contributed by atoms with Crippen LogP contribution in [-0.4, -0.2) is 19.6 Å². The molecular weight excluding hydrogens is 267 g/mol. The summed E-state index contributed by atoms with van der Waals surface area (Å²) in [7, 11) is 1.66. The Hall–Kier alpha value is -1.72. The maximum Gasteiger partial charge on any atom is 0.416 e. The summed E-state index contributed by atoms with van der Waals surface area (Å²) in [6, 6.07) is 5.10. The third-order valence-corrected chi connectivity index (χ3v) is 2.64. The Morgan fingerprint density at radius 2 is 1.75 bits per heavy atom. The normalized spacial score (nSPS) is 12.7. The van der Waals surface area contributed by atoms with Gasteiger partial charge in [0.05, 0.1) is 5.56 Å². The zero-order valence-corrected chi connectivity index (χ0v) is 11.9. The van der Waals surface area contributed by atoms with E-state index in [4.69, 9.17) is 0 Å². The van der Waals surface area contributed by atoms with Crippen LogP contribution in [-0.2, 0) is 12.7 Å². The molecule has 6 heteroatoms. The minimum atomic E-state index is -4.29. The molecule has 1 aromatic rings. The van der Waals surface area contributed by atoms with E-state index in [1.807, 2.05) is 0 Å². The Morgan fingerprint density at radius 1 is 1.15 bits per heavy atom. The van der Waals surface area contributed by atoms with Gasteiger partial charge >= 0.3 is 6.18 Å². The van der Waals surface area contributed by atoms with E-state index in [0.717, 1.165) is 24.2 Å². The topological polar surface area (TPSA) is 36.4 Å². The predicted octanol–water partition coefficient (Wildman–Crippen LogP) is 3.03. The van der Waals surface area contributed by atoms with E-state index in [0.29, 0.717) is 18.4 Å². The van der Waals surface area contributed by atoms with Crippen molar-refractivity contribution in [3.63, 3.8) is 0 Å². The zero-order valence-electron chi connectivity index (χ0n) is 11.9. The molecule has 0 fully saturated rings. The first-order chi connectivity index (χ1) is 9.32. The van der Waals surface area contributed by atoms with Gasteiger partial charge in [0.1, 0.15) is 0 Å². The number of benzene rings is 1. The number of nitrogens with zero attached hydrogens (tertiary/aromatic N) is 1. The van der Waals surface area contributed by atoms with Gasteiger partial charge in [0, 0.05) is 20.1 Å². The smallest absolute Gasteiger partial charge is 0.356 e. The Morgan fingerprint density at radius 3 is 2.20 bits per heavy atom. The summed E-state index contributed by atoms with van der Waals surface area (Å²) in [5.74, 6) is 1.12. The lowest BCUT2D eigenvalue weighted by molar-refractivity contribution is -0.137. The second-order valence-electron chi connectivity index (χ2n) is 4.90. The fraction of sp³-hybridized carbons (Fsp3) is 0.500. The van der Waals surface area contributed by atoms with Crippen LogP contribution in [0.25, 0.3) is 0 Å². The van der Waals surface area contributed by atoms with Gasteiger partial charge in [0.25, 0.3) is 0 Å². The third kappa shape index (κ3) is 5.50. The van der Waals surface area contributed by atoms with Crippen molar-refractivity contribution < 1.29 is 13.2 Å². The molecule has 1 rings (SSSR count). The number of nitrogens with one attached hydrogen (secondary N) is 2. The summed E-state index contributed by atoms with van der Waals surface area (Å²) in [5.41, 5.74) is 0.133. The van der Waals surface area contributed by atoms with Gasteiger partial charge in [-0.25, -0.2) is 0 Å². The van der Waals surface area contributed by atoms with E-state index in [-0.39, 0.29) is 0 Å². The van der Waals surface area contributed by atoms with Crippen molar-refractivity contribution in [2.75, 3.05) is 13.6 Å². The molecule has 0 heterocycles. The monoisotopic (exact) mass is 287 g/mol. The molecule has 0 saturated carbocycles. The first-order valence-corrected chi connectivity index (χ1v) is 6.43. The fourth-order valence-electron chi connectivity index (χ4n) is 1.52. The Balaban J connectivity index is 2.53. The molecular formula is C14H20F3N3. The van der Waals surface area contributed by atoms with E-state index < -0.39 is 11.7 Å². The number of halogens is 3. The highest BCUT2D eigenvalue weighted by molar-refractivity contribution is 5.79. The second-order valence-corrected chi connectivity index (χ2v) is 4.90. The van der Waals surface area contributed by atoms with E-state index in [1.165, 1.54) is 12.1 Å². The lowest BCUT2D eigenvalue weighted by Crippen LogP contribution is -2.38. The Labute approximate surface area is 117 Å². The molecule has 0 spiro atoms. The van der Waals surface area contributed by atoms with Crippen molar-refractivity contribution in [1.82, 2.24) is 10.6 Å². The maximum atomic E-state index is 12.4. The van der Waals surface area contributed by atoms with Crippen LogP contribution in [0.15, 0.2) is 29.3 Å². The summed E-state index contributed by atoms with van der Waals surface area (Å²) in [6.45, 7) is 5.37. The Bertz CT molecular complexity index is 436. The molecule has 0 aliphatic carbocycles. The van der Waals surface area contributed by atoms with Crippen LogP contribution >= 0.6 is 0 Å².